The fourth-order valence-corrected chi connectivity index (χ4v) is 0.831. The van der Waals surface area contributed by atoms with Gasteiger partial charge < -0.3 is 0 Å². The summed E-state index contributed by atoms with van der Waals surface area (Å²) in [6, 6.07) is 0. The summed E-state index contributed by atoms with van der Waals surface area (Å²) in [5.41, 5.74) is 3.06. The van der Waals surface area contributed by atoms with Gasteiger partial charge in [-0.05, 0) is 0 Å². The standard InChI is InChI=1S/C5H7N5/c1-2-7-10(3-1)5-4-6-9-8-5/h1,3-4,7H,2H2,(H,6,8,9). The number of hydrogen-bond donors (Lipinski definition) is 2. The topological polar surface area (TPSA) is 56.8 Å². The van der Waals surface area contributed by atoms with Crippen LogP contribution in [0.2, 0.25) is 0 Å². The van der Waals surface area contributed by atoms with E-state index in [1.165, 1.54) is 0 Å². The van der Waals surface area contributed by atoms with Crippen LogP contribution in [0.4, 0.5) is 5.82 Å². The molecule has 1 aromatic heterocycles. The lowest BCUT2D eigenvalue weighted by Crippen LogP contribution is -2.28. The molecule has 0 saturated heterocycles. The number of aromatic nitrogens is 3. The Kier molecular flexibility index (Phi) is 1.14. The van der Waals surface area contributed by atoms with Crippen LogP contribution in [0.15, 0.2) is 18.5 Å². The van der Waals surface area contributed by atoms with Gasteiger partial charge in [0.2, 0.25) is 0 Å². The number of anilines is 1. The van der Waals surface area contributed by atoms with Crippen LogP contribution in [0.25, 0.3) is 0 Å². The van der Waals surface area contributed by atoms with E-state index in [2.05, 4.69) is 20.8 Å². The van der Waals surface area contributed by atoms with Gasteiger partial charge >= 0.3 is 0 Å². The molecule has 2 N–H and O–H groups in total. The van der Waals surface area contributed by atoms with Gasteiger partial charge in [-0.1, -0.05) is 6.08 Å². The first-order chi connectivity index (χ1) is 4.97. The monoisotopic (exact) mass is 137 g/mol. The third kappa shape index (κ3) is 0.763. The molecular formula is C5H7N5. The van der Waals surface area contributed by atoms with Gasteiger partial charge in [-0.3, -0.25) is 5.01 Å². The van der Waals surface area contributed by atoms with Crippen molar-refractivity contribution in [1.29, 1.82) is 0 Å². The zero-order valence-corrected chi connectivity index (χ0v) is 5.28. The van der Waals surface area contributed by atoms with Gasteiger partial charge in [-0.15, -0.1) is 5.10 Å². The predicted octanol–water partition coefficient (Wildman–Crippen LogP) is -0.357. The zero-order valence-electron chi connectivity index (χ0n) is 5.28. The van der Waals surface area contributed by atoms with Crippen molar-refractivity contribution >= 4 is 5.82 Å². The first kappa shape index (κ1) is 5.43. The van der Waals surface area contributed by atoms with Crippen LogP contribution in [0, 0.1) is 0 Å². The fourth-order valence-electron chi connectivity index (χ4n) is 0.831. The summed E-state index contributed by atoms with van der Waals surface area (Å²) in [5, 5.41) is 11.9. The Morgan fingerprint density at radius 1 is 1.60 bits per heavy atom. The number of hydrazine groups is 1. The van der Waals surface area contributed by atoms with Crippen molar-refractivity contribution in [2.45, 2.75) is 0 Å². The molecule has 0 bridgehead atoms. The second-order valence-corrected chi connectivity index (χ2v) is 1.95. The summed E-state index contributed by atoms with van der Waals surface area (Å²) in [5.74, 6) is 0.786. The van der Waals surface area contributed by atoms with Crippen molar-refractivity contribution in [3.63, 3.8) is 0 Å². The van der Waals surface area contributed by atoms with E-state index >= 15 is 0 Å². The molecule has 1 aliphatic rings. The van der Waals surface area contributed by atoms with E-state index in [1.54, 1.807) is 6.20 Å². The Balaban J connectivity index is 2.20. The van der Waals surface area contributed by atoms with E-state index in [1.807, 2.05) is 17.3 Å². The van der Waals surface area contributed by atoms with E-state index in [4.69, 9.17) is 0 Å². The van der Waals surface area contributed by atoms with E-state index in [9.17, 15) is 0 Å². The molecule has 1 aromatic rings. The highest BCUT2D eigenvalue weighted by Gasteiger charge is 2.07. The molecule has 2 heterocycles. The van der Waals surface area contributed by atoms with Crippen LogP contribution >= 0.6 is 0 Å². The Labute approximate surface area is 57.7 Å². The van der Waals surface area contributed by atoms with E-state index in [-0.39, 0.29) is 0 Å². The van der Waals surface area contributed by atoms with Gasteiger partial charge in [0.1, 0.15) is 0 Å². The summed E-state index contributed by atoms with van der Waals surface area (Å²) >= 11 is 0. The van der Waals surface area contributed by atoms with Crippen molar-refractivity contribution in [2.75, 3.05) is 11.6 Å². The largest absolute Gasteiger partial charge is 0.264 e. The van der Waals surface area contributed by atoms with Crippen LogP contribution in [-0.4, -0.2) is 22.0 Å². The minimum Gasteiger partial charge on any atom is -0.264 e. The highest BCUT2D eigenvalue weighted by molar-refractivity contribution is 5.38. The molecule has 2 rings (SSSR count). The molecule has 0 aliphatic carbocycles. The maximum atomic E-state index is 3.87. The van der Waals surface area contributed by atoms with Crippen molar-refractivity contribution in [3.8, 4) is 0 Å². The summed E-state index contributed by atoms with van der Waals surface area (Å²) in [6.45, 7) is 0.854. The molecule has 10 heavy (non-hydrogen) atoms. The molecule has 0 spiro atoms. The first-order valence-corrected chi connectivity index (χ1v) is 3.02. The van der Waals surface area contributed by atoms with Crippen molar-refractivity contribution in [1.82, 2.24) is 20.8 Å². The predicted molar refractivity (Wildman–Crippen MR) is 36.0 cm³/mol. The molecule has 5 nitrogen and oxygen atoms in total. The molecular weight excluding hydrogens is 130 g/mol. The highest BCUT2D eigenvalue weighted by Crippen LogP contribution is 2.06. The Morgan fingerprint density at radius 3 is 3.20 bits per heavy atom. The van der Waals surface area contributed by atoms with Gasteiger partial charge in [0, 0.05) is 12.7 Å². The molecule has 0 saturated carbocycles. The number of rotatable bonds is 1. The second kappa shape index (κ2) is 2.11. The van der Waals surface area contributed by atoms with Crippen LogP contribution < -0.4 is 10.4 Å². The lowest BCUT2D eigenvalue weighted by Gasteiger charge is -2.09. The number of nitrogens with zero attached hydrogens (tertiary/aromatic N) is 3. The van der Waals surface area contributed by atoms with Crippen LogP contribution in [0.1, 0.15) is 0 Å². The lowest BCUT2D eigenvalue weighted by atomic mass is 10.6. The van der Waals surface area contributed by atoms with Crippen molar-refractivity contribution in [3.05, 3.63) is 18.5 Å². The van der Waals surface area contributed by atoms with Gasteiger partial charge in [0.25, 0.3) is 0 Å². The van der Waals surface area contributed by atoms with Crippen molar-refractivity contribution < 1.29 is 0 Å². The molecule has 0 atom stereocenters. The number of H-pyrrole nitrogens is 1. The molecule has 0 fully saturated rings. The molecule has 0 radical (unpaired) electrons. The third-order valence-electron chi connectivity index (χ3n) is 1.28. The zero-order chi connectivity index (χ0) is 6.81. The SMILES string of the molecule is C1=CN(c2cn[nH]n2)NC1. The minimum atomic E-state index is 0.786. The second-order valence-electron chi connectivity index (χ2n) is 1.95. The number of nitrogens with one attached hydrogen (secondary N) is 2. The number of hydrogen-bond acceptors (Lipinski definition) is 4. The van der Waals surface area contributed by atoms with Gasteiger partial charge in [-0.25, -0.2) is 5.43 Å². The summed E-state index contributed by atoms with van der Waals surface area (Å²) in [6.07, 6.45) is 5.58. The third-order valence-corrected chi connectivity index (χ3v) is 1.28. The van der Waals surface area contributed by atoms with E-state index in [0.29, 0.717) is 0 Å². The van der Waals surface area contributed by atoms with E-state index < -0.39 is 0 Å². The number of aromatic amines is 1. The lowest BCUT2D eigenvalue weighted by molar-refractivity contribution is 0.794. The average molecular weight is 137 g/mol. The Hall–Kier alpha value is -1.36. The summed E-state index contributed by atoms with van der Waals surface area (Å²) < 4.78 is 0. The highest BCUT2D eigenvalue weighted by atomic mass is 15.6. The smallest absolute Gasteiger partial charge is 0.189 e. The molecule has 1 aliphatic heterocycles. The maximum absolute atomic E-state index is 3.87. The Bertz CT molecular complexity index is 226. The molecule has 0 amide bonds. The van der Waals surface area contributed by atoms with Gasteiger partial charge in [0.05, 0.1) is 6.20 Å². The molecule has 0 unspecified atom stereocenters. The Morgan fingerprint density at radius 2 is 2.60 bits per heavy atom. The average Bonchev–Trinajstić information content (AvgIpc) is 2.59. The minimum absolute atomic E-state index is 0.786. The van der Waals surface area contributed by atoms with Gasteiger partial charge in [0.15, 0.2) is 5.82 Å². The van der Waals surface area contributed by atoms with Crippen LogP contribution in [-0.2, 0) is 0 Å². The maximum Gasteiger partial charge on any atom is 0.189 e. The molecule has 5 heteroatoms. The van der Waals surface area contributed by atoms with Crippen LogP contribution in [0.3, 0.4) is 0 Å². The fraction of sp³-hybridized carbons (Fsp3) is 0.200. The van der Waals surface area contributed by atoms with Gasteiger partial charge in [-0.2, -0.15) is 10.3 Å². The summed E-state index contributed by atoms with van der Waals surface area (Å²) in [4.78, 5) is 0. The van der Waals surface area contributed by atoms with Crippen LogP contribution in [0.5, 0.6) is 0 Å². The molecule has 52 valence electrons. The quantitative estimate of drug-likeness (QED) is 0.555. The first-order valence-electron chi connectivity index (χ1n) is 3.02. The normalized spacial score (nSPS) is 16.6. The van der Waals surface area contributed by atoms with E-state index in [0.717, 1.165) is 12.4 Å². The molecule has 0 aromatic carbocycles. The van der Waals surface area contributed by atoms with Crippen molar-refractivity contribution in [2.24, 2.45) is 0 Å². The summed E-state index contributed by atoms with van der Waals surface area (Å²) in [7, 11) is 0.